The van der Waals surface area contributed by atoms with Crippen molar-refractivity contribution in [2.75, 3.05) is 18.4 Å². The average Bonchev–Trinajstić information content (AvgIpc) is 3.00. The van der Waals surface area contributed by atoms with Crippen molar-refractivity contribution in [3.8, 4) is 0 Å². The third kappa shape index (κ3) is 3.71. The Kier molecular flexibility index (Phi) is 4.47. The lowest BCUT2D eigenvalue weighted by atomic mass is 10.2. The molecule has 2 atom stereocenters. The van der Waals surface area contributed by atoms with Gasteiger partial charge in [0.25, 0.3) is 0 Å². The Balaban J connectivity index is 1.42. The van der Waals surface area contributed by atoms with Gasteiger partial charge in [-0.05, 0) is 18.6 Å². The molecule has 0 bridgehead atoms. The molecule has 1 saturated heterocycles. The molecular formula is C18H19FN6. The van der Waals surface area contributed by atoms with Gasteiger partial charge in [-0.1, -0.05) is 12.1 Å². The van der Waals surface area contributed by atoms with E-state index >= 15 is 0 Å². The highest BCUT2D eigenvalue weighted by Gasteiger charge is 2.31. The third-order valence-corrected chi connectivity index (χ3v) is 4.44. The first-order chi connectivity index (χ1) is 12.3. The van der Waals surface area contributed by atoms with E-state index in [1.807, 2.05) is 24.3 Å². The van der Waals surface area contributed by atoms with E-state index in [4.69, 9.17) is 0 Å². The molecule has 128 valence electrons. The summed E-state index contributed by atoms with van der Waals surface area (Å²) in [5.74, 6) is 0.712. The van der Waals surface area contributed by atoms with Crippen LogP contribution in [-0.4, -0.2) is 50.1 Å². The maximum atomic E-state index is 13.9. The number of aromatic nitrogens is 4. The maximum Gasteiger partial charge on any atom is 0.145 e. The number of para-hydroxylation sites is 2. The van der Waals surface area contributed by atoms with Gasteiger partial charge in [0.1, 0.15) is 18.3 Å². The Morgan fingerprint density at radius 2 is 1.92 bits per heavy atom. The molecule has 4 rings (SSSR count). The summed E-state index contributed by atoms with van der Waals surface area (Å²) in [6.07, 6.45) is 6.49. The van der Waals surface area contributed by atoms with Crippen LogP contribution in [0.5, 0.6) is 0 Å². The summed E-state index contributed by atoms with van der Waals surface area (Å²) in [7, 11) is 0. The van der Waals surface area contributed by atoms with Crippen LogP contribution in [0.15, 0.2) is 49.2 Å². The zero-order valence-electron chi connectivity index (χ0n) is 13.7. The molecule has 0 amide bonds. The summed E-state index contributed by atoms with van der Waals surface area (Å²) < 4.78 is 13.9. The van der Waals surface area contributed by atoms with Crippen molar-refractivity contribution in [2.24, 2.45) is 0 Å². The van der Waals surface area contributed by atoms with E-state index in [1.165, 1.54) is 6.33 Å². The summed E-state index contributed by atoms with van der Waals surface area (Å²) in [5.41, 5.74) is 2.70. The molecule has 0 radical (unpaired) electrons. The lowest BCUT2D eigenvalue weighted by molar-refractivity contribution is 0.241. The second-order valence-corrected chi connectivity index (χ2v) is 6.29. The normalized spacial score (nSPS) is 20.8. The number of rotatable bonds is 5. The molecular weight excluding hydrogens is 319 g/mol. The van der Waals surface area contributed by atoms with Crippen molar-refractivity contribution >= 4 is 16.9 Å². The fourth-order valence-electron chi connectivity index (χ4n) is 3.24. The quantitative estimate of drug-likeness (QED) is 0.771. The maximum absolute atomic E-state index is 13.9. The molecule has 6 nitrogen and oxygen atoms in total. The lowest BCUT2D eigenvalue weighted by Crippen LogP contribution is -2.34. The number of nitrogens with one attached hydrogen (secondary N) is 1. The highest BCUT2D eigenvalue weighted by Crippen LogP contribution is 2.23. The van der Waals surface area contributed by atoms with Gasteiger partial charge in [0.15, 0.2) is 0 Å². The zero-order chi connectivity index (χ0) is 17.1. The van der Waals surface area contributed by atoms with Gasteiger partial charge in [0.05, 0.1) is 17.2 Å². The van der Waals surface area contributed by atoms with Gasteiger partial charge >= 0.3 is 0 Å². The molecule has 0 saturated carbocycles. The molecule has 1 aromatic carbocycles. The summed E-state index contributed by atoms with van der Waals surface area (Å²) >= 11 is 0. The molecule has 1 aliphatic heterocycles. The van der Waals surface area contributed by atoms with Gasteiger partial charge < -0.3 is 5.32 Å². The van der Waals surface area contributed by atoms with E-state index in [1.54, 1.807) is 18.6 Å². The van der Waals surface area contributed by atoms with E-state index in [0.29, 0.717) is 31.9 Å². The van der Waals surface area contributed by atoms with E-state index < -0.39 is 6.17 Å². The van der Waals surface area contributed by atoms with Gasteiger partial charge in [0, 0.05) is 43.6 Å². The van der Waals surface area contributed by atoms with E-state index in [9.17, 15) is 4.39 Å². The van der Waals surface area contributed by atoms with Crippen molar-refractivity contribution in [3.05, 3.63) is 54.7 Å². The van der Waals surface area contributed by atoms with E-state index in [0.717, 1.165) is 16.6 Å². The zero-order valence-corrected chi connectivity index (χ0v) is 13.7. The Hall–Kier alpha value is -2.67. The SMILES string of the molecule is F[C@H]1C[C@@H](CNc2cnc3ccccc3n2)N(Cc2cncnc2)C1. The standard InChI is InChI=1S/C18H19FN6/c19-14-5-15(25(11-14)10-13-6-20-12-21-7-13)8-23-18-9-22-16-3-1-2-4-17(16)24-18/h1-4,6-7,9,12,14-15H,5,8,10-11H2,(H,23,24)/t14-,15-/m0/s1. The fraction of sp³-hybridized carbons (Fsp3) is 0.333. The second-order valence-electron chi connectivity index (χ2n) is 6.29. The minimum absolute atomic E-state index is 0.100. The highest BCUT2D eigenvalue weighted by molar-refractivity contribution is 5.75. The molecule has 3 heterocycles. The van der Waals surface area contributed by atoms with E-state index in [-0.39, 0.29) is 6.04 Å². The second kappa shape index (κ2) is 7.06. The molecule has 0 aliphatic carbocycles. The molecule has 1 N–H and O–H groups in total. The predicted octanol–water partition coefficient (Wildman–Crippen LogP) is 2.44. The molecule has 3 aromatic rings. The number of likely N-dealkylation sites (tertiary alicyclic amines) is 1. The smallest absolute Gasteiger partial charge is 0.145 e. The summed E-state index contributed by atoms with van der Waals surface area (Å²) in [6, 6.07) is 7.84. The van der Waals surface area contributed by atoms with Crippen LogP contribution < -0.4 is 5.32 Å². The van der Waals surface area contributed by atoms with Crippen LogP contribution in [0.1, 0.15) is 12.0 Å². The monoisotopic (exact) mass is 338 g/mol. The number of hydrogen-bond acceptors (Lipinski definition) is 6. The molecule has 2 aromatic heterocycles. The van der Waals surface area contributed by atoms with Gasteiger partial charge in [0.2, 0.25) is 0 Å². The first kappa shape index (κ1) is 15.8. The average molecular weight is 338 g/mol. The topological polar surface area (TPSA) is 66.8 Å². The largest absolute Gasteiger partial charge is 0.367 e. The Morgan fingerprint density at radius 3 is 2.76 bits per heavy atom. The first-order valence-corrected chi connectivity index (χ1v) is 8.35. The number of halogens is 1. The summed E-state index contributed by atoms with van der Waals surface area (Å²) in [6.45, 7) is 1.71. The van der Waals surface area contributed by atoms with Gasteiger partial charge in [-0.2, -0.15) is 0 Å². The van der Waals surface area contributed by atoms with Crippen molar-refractivity contribution in [3.63, 3.8) is 0 Å². The van der Waals surface area contributed by atoms with Crippen LogP contribution in [0.25, 0.3) is 11.0 Å². The molecule has 1 aliphatic rings. The Labute approximate surface area is 145 Å². The van der Waals surface area contributed by atoms with Crippen LogP contribution >= 0.6 is 0 Å². The van der Waals surface area contributed by atoms with Crippen LogP contribution in [0.3, 0.4) is 0 Å². The minimum atomic E-state index is -0.806. The molecule has 1 fully saturated rings. The highest BCUT2D eigenvalue weighted by atomic mass is 19.1. The van der Waals surface area contributed by atoms with Gasteiger partial charge in [-0.3, -0.25) is 9.88 Å². The number of alkyl halides is 1. The van der Waals surface area contributed by atoms with Gasteiger partial charge in [-0.15, -0.1) is 0 Å². The van der Waals surface area contributed by atoms with Crippen molar-refractivity contribution in [1.29, 1.82) is 0 Å². The van der Waals surface area contributed by atoms with Crippen LogP contribution in [-0.2, 0) is 6.54 Å². The number of nitrogens with zero attached hydrogens (tertiary/aromatic N) is 5. The van der Waals surface area contributed by atoms with Crippen molar-refractivity contribution in [2.45, 2.75) is 25.2 Å². The van der Waals surface area contributed by atoms with Crippen LogP contribution in [0, 0.1) is 0 Å². The molecule has 25 heavy (non-hydrogen) atoms. The minimum Gasteiger partial charge on any atom is -0.367 e. The fourth-order valence-corrected chi connectivity index (χ4v) is 3.24. The lowest BCUT2D eigenvalue weighted by Gasteiger charge is -2.24. The number of fused-ring (bicyclic) bond motifs is 1. The third-order valence-electron chi connectivity index (χ3n) is 4.44. The molecule has 7 heteroatoms. The van der Waals surface area contributed by atoms with Crippen molar-refractivity contribution < 1.29 is 4.39 Å². The van der Waals surface area contributed by atoms with Crippen LogP contribution in [0.2, 0.25) is 0 Å². The van der Waals surface area contributed by atoms with E-state index in [2.05, 4.69) is 30.2 Å². The number of benzene rings is 1. The molecule has 0 unspecified atom stereocenters. The first-order valence-electron chi connectivity index (χ1n) is 8.35. The summed E-state index contributed by atoms with van der Waals surface area (Å²) in [5, 5.41) is 3.30. The molecule has 0 spiro atoms. The summed E-state index contributed by atoms with van der Waals surface area (Å²) in [4.78, 5) is 19.1. The number of anilines is 1. The predicted molar refractivity (Wildman–Crippen MR) is 93.8 cm³/mol. The Bertz CT molecular complexity index is 843. The Morgan fingerprint density at radius 1 is 1.12 bits per heavy atom. The number of hydrogen-bond donors (Lipinski definition) is 1. The van der Waals surface area contributed by atoms with Crippen molar-refractivity contribution in [1.82, 2.24) is 24.8 Å². The van der Waals surface area contributed by atoms with Crippen LogP contribution in [0.4, 0.5) is 10.2 Å². The van der Waals surface area contributed by atoms with Gasteiger partial charge in [-0.25, -0.2) is 19.3 Å².